The SMILES string of the molecule is COCCn1c(=NC(=O)CS(=O)(=O)CC(=O)Nc2sc3c(c2C(=O)OC)CCC3)sc2cc(Br)ccc21. The molecule has 14 heteroatoms. The highest BCUT2D eigenvalue weighted by Gasteiger charge is 2.29. The Balaban J connectivity index is 1.50. The number of anilines is 1. The topological polar surface area (TPSA) is 133 Å². The van der Waals surface area contributed by atoms with Crippen LogP contribution in [0.25, 0.3) is 10.2 Å². The van der Waals surface area contributed by atoms with Gasteiger partial charge in [-0.05, 0) is 43.0 Å². The number of thiazole rings is 1. The van der Waals surface area contributed by atoms with E-state index in [1.54, 1.807) is 11.7 Å². The number of nitrogens with zero attached hydrogens (tertiary/aromatic N) is 2. The van der Waals surface area contributed by atoms with Crippen LogP contribution in [0.2, 0.25) is 0 Å². The molecule has 0 atom stereocenters. The molecule has 1 N–H and O–H groups in total. The summed E-state index contributed by atoms with van der Waals surface area (Å²) in [5.74, 6) is -4.13. The molecule has 3 aromatic rings. The first-order chi connectivity index (χ1) is 17.6. The minimum Gasteiger partial charge on any atom is -0.465 e. The molecule has 2 aromatic heterocycles. The first-order valence-corrected chi connectivity index (χ1v) is 15.4. The molecule has 2 amide bonds. The van der Waals surface area contributed by atoms with Crippen LogP contribution in [-0.2, 0) is 48.3 Å². The van der Waals surface area contributed by atoms with E-state index in [0.717, 1.165) is 38.0 Å². The average Bonchev–Trinajstić information content (AvgIpc) is 3.48. The standard InChI is InChI=1S/C23H24BrN3O7S3/c1-33-9-8-27-15-7-6-13(24)10-17(15)36-23(27)26-19(29)12-37(31,32)11-18(28)25-21-20(22(30)34-2)14-4-3-5-16(14)35-21/h6-7,10H,3-5,8-9,11-12H2,1-2H3,(H,25,28). The van der Waals surface area contributed by atoms with Gasteiger partial charge in [-0.3, -0.25) is 9.59 Å². The summed E-state index contributed by atoms with van der Waals surface area (Å²) >= 11 is 5.91. The highest BCUT2D eigenvalue weighted by molar-refractivity contribution is 9.10. The number of amides is 2. The number of nitrogens with one attached hydrogen (secondary N) is 1. The lowest BCUT2D eigenvalue weighted by atomic mass is 10.1. The number of carbonyl (C=O) groups excluding carboxylic acids is 3. The Bertz CT molecular complexity index is 1550. The summed E-state index contributed by atoms with van der Waals surface area (Å²) in [4.78, 5) is 42.8. The predicted molar refractivity (Wildman–Crippen MR) is 145 cm³/mol. The summed E-state index contributed by atoms with van der Waals surface area (Å²) in [5.41, 5.74) is 1.94. The van der Waals surface area contributed by atoms with E-state index in [2.05, 4.69) is 26.2 Å². The Hall–Kier alpha value is -2.39. The van der Waals surface area contributed by atoms with Gasteiger partial charge in [0.15, 0.2) is 14.6 Å². The van der Waals surface area contributed by atoms with Crippen molar-refractivity contribution in [3.05, 3.63) is 43.5 Å². The van der Waals surface area contributed by atoms with Crippen molar-refractivity contribution in [3.63, 3.8) is 0 Å². The number of fused-ring (bicyclic) bond motifs is 2. The number of hydrogen-bond donors (Lipinski definition) is 1. The van der Waals surface area contributed by atoms with E-state index in [1.165, 1.54) is 29.8 Å². The summed E-state index contributed by atoms with van der Waals surface area (Å²) < 4.78 is 38.8. The molecule has 0 saturated carbocycles. The lowest BCUT2D eigenvalue weighted by molar-refractivity contribution is -0.115. The molecule has 37 heavy (non-hydrogen) atoms. The number of rotatable bonds is 9. The first-order valence-electron chi connectivity index (χ1n) is 11.2. The zero-order valence-electron chi connectivity index (χ0n) is 20.0. The van der Waals surface area contributed by atoms with Gasteiger partial charge >= 0.3 is 5.97 Å². The predicted octanol–water partition coefficient (Wildman–Crippen LogP) is 2.93. The largest absolute Gasteiger partial charge is 0.465 e. The third kappa shape index (κ3) is 6.37. The molecule has 0 saturated heterocycles. The molecule has 1 aromatic carbocycles. The van der Waals surface area contributed by atoms with Crippen LogP contribution in [0.1, 0.15) is 27.2 Å². The molecule has 4 rings (SSSR count). The smallest absolute Gasteiger partial charge is 0.341 e. The highest BCUT2D eigenvalue weighted by Crippen LogP contribution is 2.39. The van der Waals surface area contributed by atoms with Crippen molar-refractivity contribution < 1.29 is 32.3 Å². The second kappa shape index (κ2) is 11.6. The molecular formula is C23H24BrN3O7S3. The maximum atomic E-state index is 12.7. The minimum atomic E-state index is -4.12. The number of ether oxygens (including phenoxy) is 2. The van der Waals surface area contributed by atoms with Gasteiger partial charge < -0.3 is 19.4 Å². The number of benzene rings is 1. The van der Waals surface area contributed by atoms with E-state index in [1.807, 2.05) is 18.2 Å². The summed E-state index contributed by atoms with van der Waals surface area (Å²) in [6.45, 7) is 0.800. The molecule has 1 aliphatic carbocycles. The zero-order chi connectivity index (χ0) is 26.7. The Kier molecular flexibility index (Phi) is 8.63. The van der Waals surface area contributed by atoms with Crippen molar-refractivity contribution in [1.29, 1.82) is 0 Å². The van der Waals surface area contributed by atoms with E-state index in [0.29, 0.717) is 24.4 Å². The maximum Gasteiger partial charge on any atom is 0.341 e. The minimum absolute atomic E-state index is 0.267. The summed E-state index contributed by atoms with van der Waals surface area (Å²) in [6, 6.07) is 5.62. The van der Waals surface area contributed by atoms with Crippen LogP contribution >= 0.6 is 38.6 Å². The van der Waals surface area contributed by atoms with Crippen LogP contribution in [0.5, 0.6) is 0 Å². The fraction of sp³-hybridized carbons (Fsp3) is 0.391. The van der Waals surface area contributed by atoms with Crippen LogP contribution in [0, 0.1) is 0 Å². The third-order valence-corrected chi connectivity index (χ3v) is 9.77. The van der Waals surface area contributed by atoms with Crippen LogP contribution in [0.4, 0.5) is 5.00 Å². The van der Waals surface area contributed by atoms with Gasteiger partial charge in [-0.25, -0.2) is 13.2 Å². The normalized spacial score (nSPS) is 13.6. The van der Waals surface area contributed by atoms with Gasteiger partial charge in [-0.1, -0.05) is 27.3 Å². The van der Waals surface area contributed by atoms with Crippen molar-refractivity contribution >= 4 is 81.4 Å². The number of aryl methyl sites for hydroxylation is 1. The van der Waals surface area contributed by atoms with Crippen LogP contribution in [0.3, 0.4) is 0 Å². The quantitative estimate of drug-likeness (QED) is 0.360. The fourth-order valence-electron chi connectivity index (χ4n) is 4.08. The molecule has 0 spiro atoms. The molecule has 1 aliphatic rings. The number of halogens is 1. The lowest BCUT2D eigenvalue weighted by Gasteiger charge is -2.07. The number of carbonyl (C=O) groups is 3. The van der Waals surface area contributed by atoms with E-state index in [-0.39, 0.29) is 10.6 Å². The highest BCUT2D eigenvalue weighted by atomic mass is 79.9. The average molecular weight is 631 g/mol. The van der Waals surface area contributed by atoms with E-state index < -0.39 is 39.1 Å². The number of thiophene rings is 1. The molecule has 10 nitrogen and oxygen atoms in total. The fourth-order valence-corrected chi connectivity index (χ4v) is 8.02. The number of methoxy groups -OCH3 is 2. The summed E-state index contributed by atoms with van der Waals surface area (Å²) in [5, 5.41) is 2.79. The van der Waals surface area contributed by atoms with Crippen LogP contribution in [-0.4, -0.2) is 63.1 Å². The van der Waals surface area contributed by atoms with Crippen molar-refractivity contribution in [3.8, 4) is 0 Å². The Morgan fingerprint density at radius 1 is 1.16 bits per heavy atom. The molecule has 0 fully saturated rings. The van der Waals surface area contributed by atoms with E-state index in [9.17, 15) is 22.8 Å². The van der Waals surface area contributed by atoms with Gasteiger partial charge in [0.25, 0.3) is 5.91 Å². The Morgan fingerprint density at radius 2 is 1.95 bits per heavy atom. The lowest BCUT2D eigenvalue weighted by Crippen LogP contribution is -2.28. The second-order valence-corrected chi connectivity index (χ2v) is 13.4. The number of esters is 1. The van der Waals surface area contributed by atoms with Gasteiger partial charge in [-0.2, -0.15) is 4.99 Å². The molecule has 0 bridgehead atoms. The molecule has 198 valence electrons. The Morgan fingerprint density at radius 3 is 2.68 bits per heavy atom. The van der Waals surface area contributed by atoms with Crippen molar-refractivity contribution in [2.45, 2.75) is 25.8 Å². The molecule has 2 heterocycles. The zero-order valence-corrected chi connectivity index (χ0v) is 24.1. The van der Waals surface area contributed by atoms with Gasteiger partial charge in [0.05, 0.1) is 29.5 Å². The molecule has 0 aliphatic heterocycles. The number of hydrogen-bond acceptors (Lipinski definition) is 9. The Labute approximate surface area is 229 Å². The molecule has 0 radical (unpaired) electrons. The van der Waals surface area contributed by atoms with Crippen molar-refractivity contribution in [1.82, 2.24) is 4.57 Å². The number of aromatic nitrogens is 1. The van der Waals surface area contributed by atoms with E-state index in [4.69, 9.17) is 9.47 Å². The second-order valence-electron chi connectivity index (χ2n) is 8.28. The van der Waals surface area contributed by atoms with Crippen LogP contribution < -0.4 is 10.1 Å². The molecular weight excluding hydrogens is 606 g/mol. The van der Waals surface area contributed by atoms with Crippen molar-refractivity contribution in [2.24, 2.45) is 4.99 Å². The van der Waals surface area contributed by atoms with Gasteiger partial charge in [0, 0.05) is 23.0 Å². The maximum absolute atomic E-state index is 12.7. The van der Waals surface area contributed by atoms with Gasteiger partial charge in [0.1, 0.15) is 16.5 Å². The van der Waals surface area contributed by atoms with E-state index >= 15 is 0 Å². The number of sulfone groups is 1. The van der Waals surface area contributed by atoms with Gasteiger partial charge in [0.2, 0.25) is 5.91 Å². The van der Waals surface area contributed by atoms with Gasteiger partial charge in [-0.15, -0.1) is 11.3 Å². The van der Waals surface area contributed by atoms with Crippen molar-refractivity contribution in [2.75, 3.05) is 37.6 Å². The summed E-state index contributed by atoms with van der Waals surface area (Å²) in [6.07, 6.45) is 2.38. The monoisotopic (exact) mass is 629 g/mol. The molecule has 0 unspecified atom stereocenters. The first kappa shape index (κ1) is 27.6. The third-order valence-electron chi connectivity index (χ3n) is 5.64. The summed E-state index contributed by atoms with van der Waals surface area (Å²) in [7, 11) is -1.31. The van der Waals surface area contributed by atoms with Crippen LogP contribution in [0.15, 0.2) is 27.7 Å².